The average Bonchev–Trinajstić information content (AvgIpc) is 3.38. The fourth-order valence-corrected chi connectivity index (χ4v) is 3.25. The van der Waals surface area contributed by atoms with Gasteiger partial charge in [0.2, 0.25) is 5.91 Å². The number of anilines is 1. The van der Waals surface area contributed by atoms with Crippen LogP contribution >= 0.6 is 15.9 Å². The second-order valence-electron chi connectivity index (χ2n) is 5.92. The van der Waals surface area contributed by atoms with Gasteiger partial charge < -0.3 is 5.32 Å². The molecular weight excluding hydrogens is 352 g/mol. The lowest BCUT2D eigenvalue weighted by atomic mass is 9.95. The van der Waals surface area contributed by atoms with Crippen molar-refractivity contribution < 1.29 is 4.79 Å². The van der Waals surface area contributed by atoms with E-state index in [1.165, 1.54) is 0 Å². The standard InChI is InChI=1S/C19H15BrN2O/c20-15-8-6-14(7-9-15)19(10-11-19)18(23)22-16-5-1-3-13-4-2-12-21-17(13)16/h1-9,12H,10-11H2,(H,22,23). The van der Waals surface area contributed by atoms with E-state index in [1.54, 1.807) is 6.20 Å². The molecule has 0 spiro atoms. The zero-order valence-corrected chi connectivity index (χ0v) is 14.0. The van der Waals surface area contributed by atoms with E-state index in [0.29, 0.717) is 0 Å². The van der Waals surface area contributed by atoms with Gasteiger partial charge in [-0.25, -0.2) is 0 Å². The zero-order valence-electron chi connectivity index (χ0n) is 12.4. The molecule has 1 amide bonds. The Labute approximate surface area is 142 Å². The number of pyridine rings is 1. The molecule has 0 radical (unpaired) electrons. The largest absolute Gasteiger partial charge is 0.323 e. The smallest absolute Gasteiger partial charge is 0.235 e. The lowest BCUT2D eigenvalue weighted by molar-refractivity contribution is -0.118. The quantitative estimate of drug-likeness (QED) is 0.731. The molecule has 4 heteroatoms. The number of hydrogen-bond acceptors (Lipinski definition) is 2. The molecule has 0 saturated heterocycles. The average molecular weight is 367 g/mol. The molecule has 1 aromatic heterocycles. The Balaban J connectivity index is 1.66. The summed E-state index contributed by atoms with van der Waals surface area (Å²) in [7, 11) is 0. The summed E-state index contributed by atoms with van der Waals surface area (Å²) in [6.07, 6.45) is 3.52. The number of rotatable bonds is 3. The third kappa shape index (κ3) is 2.53. The van der Waals surface area contributed by atoms with Crippen LogP contribution in [-0.2, 0) is 10.2 Å². The van der Waals surface area contributed by atoms with Crippen molar-refractivity contribution in [2.75, 3.05) is 5.32 Å². The normalized spacial score (nSPS) is 15.3. The minimum absolute atomic E-state index is 0.0537. The van der Waals surface area contributed by atoms with E-state index in [1.807, 2.05) is 54.6 Å². The summed E-state index contributed by atoms with van der Waals surface area (Å²) in [6, 6.07) is 17.8. The van der Waals surface area contributed by atoms with Crippen LogP contribution in [0.25, 0.3) is 10.9 Å². The van der Waals surface area contributed by atoms with Crippen molar-refractivity contribution in [2.24, 2.45) is 0 Å². The van der Waals surface area contributed by atoms with E-state index in [2.05, 4.69) is 26.2 Å². The highest BCUT2D eigenvalue weighted by Gasteiger charge is 2.51. The molecule has 0 bridgehead atoms. The second kappa shape index (κ2) is 5.46. The minimum atomic E-state index is -0.391. The van der Waals surface area contributed by atoms with E-state index in [4.69, 9.17) is 0 Å². The number of nitrogens with zero attached hydrogens (tertiary/aromatic N) is 1. The molecule has 1 heterocycles. The molecule has 3 aromatic rings. The lowest BCUT2D eigenvalue weighted by Crippen LogP contribution is -2.27. The van der Waals surface area contributed by atoms with Crippen LogP contribution in [-0.4, -0.2) is 10.9 Å². The van der Waals surface area contributed by atoms with Gasteiger partial charge >= 0.3 is 0 Å². The molecule has 2 aromatic carbocycles. The monoisotopic (exact) mass is 366 g/mol. The molecule has 1 aliphatic carbocycles. The summed E-state index contributed by atoms with van der Waals surface area (Å²) >= 11 is 3.44. The molecule has 0 unspecified atom stereocenters. The molecular formula is C19H15BrN2O. The lowest BCUT2D eigenvalue weighted by Gasteiger charge is -2.16. The summed E-state index contributed by atoms with van der Waals surface area (Å²) in [5, 5.41) is 4.11. The maximum atomic E-state index is 12.9. The van der Waals surface area contributed by atoms with E-state index in [9.17, 15) is 4.79 Å². The van der Waals surface area contributed by atoms with Gasteiger partial charge in [0.05, 0.1) is 16.6 Å². The van der Waals surface area contributed by atoms with E-state index >= 15 is 0 Å². The SMILES string of the molecule is O=C(Nc1cccc2cccnc12)C1(c2ccc(Br)cc2)CC1. The molecule has 114 valence electrons. The van der Waals surface area contributed by atoms with Gasteiger partial charge in [-0.3, -0.25) is 9.78 Å². The van der Waals surface area contributed by atoms with Crippen LogP contribution in [0, 0.1) is 0 Å². The molecule has 23 heavy (non-hydrogen) atoms. The molecule has 3 nitrogen and oxygen atoms in total. The van der Waals surface area contributed by atoms with Crippen LogP contribution in [0.4, 0.5) is 5.69 Å². The van der Waals surface area contributed by atoms with Crippen molar-refractivity contribution >= 4 is 38.4 Å². The first-order valence-electron chi connectivity index (χ1n) is 7.60. The summed E-state index contributed by atoms with van der Waals surface area (Å²) in [5.41, 5.74) is 2.29. The zero-order chi connectivity index (χ0) is 15.9. The van der Waals surface area contributed by atoms with Crippen molar-refractivity contribution in [3.63, 3.8) is 0 Å². The summed E-state index contributed by atoms with van der Waals surface area (Å²) < 4.78 is 1.02. The molecule has 1 aliphatic rings. The van der Waals surface area contributed by atoms with Gasteiger partial charge in [-0.15, -0.1) is 0 Å². The summed E-state index contributed by atoms with van der Waals surface area (Å²) in [4.78, 5) is 17.3. The number of benzene rings is 2. The van der Waals surface area contributed by atoms with Crippen molar-refractivity contribution in [1.29, 1.82) is 0 Å². The van der Waals surface area contributed by atoms with Gasteiger partial charge in [-0.2, -0.15) is 0 Å². The maximum Gasteiger partial charge on any atom is 0.235 e. The first kappa shape index (κ1) is 14.4. The first-order valence-corrected chi connectivity index (χ1v) is 8.40. The molecule has 1 saturated carbocycles. The molecule has 1 N–H and O–H groups in total. The highest BCUT2D eigenvalue weighted by molar-refractivity contribution is 9.10. The van der Waals surface area contributed by atoms with Crippen LogP contribution in [0.5, 0.6) is 0 Å². The Morgan fingerprint density at radius 3 is 2.52 bits per heavy atom. The van der Waals surface area contributed by atoms with Crippen LogP contribution in [0.15, 0.2) is 65.3 Å². The van der Waals surface area contributed by atoms with E-state index < -0.39 is 5.41 Å². The number of carbonyl (C=O) groups is 1. The minimum Gasteiger partial charge on any atom is -0.323 e. The number of hydrogen-bond donors (Lipinski definition) is 1. The Morgan fingerprint density at radius 1 is 1.04 bits per heavy atom. The van der Waals surface area contributed by atoms with Gasteiger partial charge in [0, 0.05) is 16.1 Å². The van der Waals surface area contributed by atoms with Crippen molar-refractivity contribution in [3.05, 3.63) is 70.8 Å². The van der Waals surface area contributed by atoms with Gasteiger partial charge in [-0.05, 0) is 42.7 Å². The number of amides is 1. The third-order valence-corrected chi connectivity index (χ3v) is 4.99. The van der Waals surface area contributed by atoms with E-state index in [0.717, 1.165) is 39.5 Å². The van der Waals surface area contributed by atoms with E-state index in [-0.39, 0.29) is 5.91 Å². The Hall–Kier alpha value is -2.20. The Bertz CT molecular complexity index is 880. The predicted molar refractivity (Wildman–Crippen MR) is 95.4 cm³/mol. The molecule has 1 fully saturated rings. The fourth-order valence-electron chi connectivity index (χ4n) is 2.99. The van der Waals surface area contributed by atoms with Crippen molar-refractivity contribution in [2.45, 2.75) is 18.3 Å². The summed E-state index contributed by atoms with van der Waals surface area (Å²) in [6.45, 7) is 0. The highest BCUT2D eigenvalue weighted by atomic mass is 79.9. The second-order valence-corrected chi connectivity index (χ2v) is 6.84. The third-order valence-electron chi connectivity index (χ3n) is 4.46. The topological polar surface area (TPSA) is 42.0 Å². The molecule has 0 atom stereocenters. The number of aromatic nitrogens is 1. The first-order chi connectivity index (χ1) is 11.2. The van der Waals surface area contributed by atoms with Crippen LogP contribution in [0.2, 0.25) is 0 Å². The van der Waals surface area contributed by atoms with Crippen molar-refractivity contribution in [3.8, 4) is 0 Å². The number of halogens is 1. The predicted octanol–water partition coefficient (Wildman–Crippen LogP) is 4.67. The van der Waals surface area contributed by atoms with Gasteiger partial charge in [-0.1, -0.05) is 46.3 Å². The van der Waals surface area contributed by atoms with Crippen LogP contribution < -0.4 is 5.32 Å². The fraction of sp³-hybridized carbons (Fsp3) is 0.158. The molecule has 4 rings (SSSR count). The van der Waals surface area contributed by atoms with Crippen LogP contribution in [0.1, 0.15) is 18.4 Å². The Morgan fingerprint density at radius 2 is 1.78 bits per heavy atom. The van der Waals surface area contributed by atoms with Crippen molar-refractivity contribution in [1.82, 2.24) is 4.98 Å². The van der Waals surface area contributed by atoms with Gasteiger partial charge in [0.25, 0.3) is 0 Å². The van der Waals surface area contributed by atoms with Crippen LogP contribution in [0.3, 0.4) is 0 Å². The number of nitrogens with one attached hydrogen (secondary N) is 1. The highest BCUT2D eigenvalue weighted by Crippen LogP contribution is 2.49. The number of para-hydroxylation sites is 1. The number of carbonyl (C=O) groups excluding carboxylic acids is 1. The van der Waals surface area contributed by atoms with Gasteiger partial charge in [0.15, 0.2) is 0 Å². The maximum absolute atomic E-state index is 12.9. The summed E-state index contributed by atoms with van der Waals surface area (Å²) in [5.74, 6) is 0.0537. The number of fused-ring (bicyclic) bond motifs is 1. The van der Waals surface area contributed by atoms with Gasteiger partial charge in [0.1, 0.15) is 0 Å². The Kier molecular flexibility index (Phi) is 3.42. The molecule has 0 aliphatic heterocycles.